The summed E-state index contributed by atoms with van der Waals surface area (Å²) in [6, 6.07) is 8.70. The number of nitrogens with zero attached hydrogens (tertiary/aromatic N) is 3. The number of aromatic nitrogens is 2. The number of piperidine rings is 1. The zero-order valence-electron chi connectivity index (χ0n) is 17.4. The van der Waals surface area contributed by atoms with Gasteiger partial charge < -0.3 is 11.1 Å². The van der Waals surface area contributed by atoms with Crippen molar-refractivity contribution < 1.29 is 4.79 Å². The monoisotopic (exact) mass is 383 g/mol. The Morgan fingerprint density at radius 3 is 2.79 bits per heavy atom. The van der Waals surface area contributed by atoms with Crippen molar-refractivity contribution in [1.29, 1.82) is 0 Å². The van der Waals surface area contributed by atoms with Crippen molar-refractivity contribution in [2.24, 2.45) is 11.7 Å². The highest BCUT2D eigenvalue weighted by Crippen LogP contribution is 2.19. The van der Waals surface area contributed by atoms with E-state index >= 15 is 0 Å². The van der Waals surface area contributed by atoms with Gasteiger partial charge in [-0.2, -0.15) is 5.10 Å². The van der Waals surface area contributed by atoms with Crippen LogP contribution in [0.4, 0.5) is 0 Å². The summed E-state index contributed by atoms with van der Waals surface area (Å²) in [6.07, 6.45) is 1.96. The molecule has 1 aliphatic heterocycles. The van der Waals surface area contributed by atoms with E-state index in [1.54, 1.807) is 0 Å². The number of carbonyl (C=O) groups is 1. The molecular weight excluding hydrogens is 350 g/mol. The zero-order valence-corrected chi connectivity index (χ0v) is 17.4. The number of aryl methyl sites for hydroxylation is 2. The lowest BCUT2D eigenvalue weighted by Gasteiger charge is -2.31. The predicted molar refractivity (Wildman–Crippen MR) is 112 cm³/mol. The van der Waals surface area contributed by atoms with Gasteiger partial charge in [0, 0.05) is 44.0 Å². The van der Waals surface area contributed by atoms with Gasteiger partial charge in [0.15, 0.2) is 0 Å². The van der Waals surface area contributed by atoms with E-state index < -0.39 is 0 Å². The molecule has 3 N–H and O–H groups in total. The molecule has 1 aliphatic rings. The summed E-state index contributed by atoms with van der Waals surface area (Å²) in [6.45, 7) is 11.6. The Morgan fingerprint density at radius 1 is 1.29 bits per heavy atom. The van der Waals surface area contributed by atoms with Gasteiger partial charge in [-0.3, -0.25) is 14.4 Å². The van der Waals surface area contributed by atoms with Gasteiger partial charge in [-0.15, -0.1) is 0 Å². The minimum Gasteiger partial charge on any atom is -0.369 e. The molecule has 1 aromatic heterocycles. The van der Waals surface area contributed by atoms with Crippen LogP contribution in [0.2, 0.25) is 0 Å². The molecule has 152 valence electrons. The first-order chi connectivity index (χ1) is 13.5. The fraction of sp³-hybridized carbons (Fsp3) is 0.545. The Hall–Kier alpha value is -2.18. The largest absolute Gasteiger partial charge is 0.369 e. The third kappa shape index (κ3) is 5.00. The summed E-state index contributed by atoms with van der Waals surface area (Å²) in [4.78, 5) is 13.8. The van der Waals surface area contributed by atoms with Crippen molar-refractivity contribution >= 4 is 5.91 Å². The quantitative estimate of drug-likeness (QED) is 0.734. The molecule has 6 nitrogen and oxygen atoms in total. The van der Waals surface area contributed by atoms with Crippen molar-refractivity contribution in [3.05, 3.63) is 52.3 Å². The fourth-order valence-corrected chi connectivity index (χ4v) is 4.16. The van der Waals surface area contributed by atoms with E-state index in [1.165, 1.54) is 22.4 Å². The minimum atomic E-state index is -0.167. The van der Waals surface area contributed by atoms with Crippen LogP contribution < -0.4 is 11.1 Å². The standard InChI is InChI=1S/C22H33N5O/c1-4-27-17(3)21(16(2)25-27)13-24-12-18-7-5-8-19(11-18)14-26-10-6-9-20(15-26)22(23)28/h5,7-8,11,20,24H,4,6,9-10,12-15H2,1-3H3,(H2,23,28)/t20-/m1/s1. The van der Waals surface area contributed by atoms with Gasteiger partial charge in [0.1, 0.15) is 0 Å². The van der Waals surface area contributed by atoms with Crippen LogP contribution in [0.15, 0.2) is 24.3 Å². The van der Waals surface area contributed by atoms with Gasteiger partial charge in [-0.1, -0.05) is 24.3 Å². The number of primary amides is 1. The molecule has 1 fully saturated rings. The number of nitrogens with one attached hydrogen (secondary N) is 1. The molecule has 0 unspecified atom stereocenters. The van der Waals surface area contributed by atoms with Crippen molar-refractivity contribution in [3.63, 3.8) is 0 Å². The molecule has 2 aromatic rings. The minimum absolute atomic E-state index is 0.00545. The maximum atomic E-state index is 11.5. The first-order valence-electron chi connectivity index (χ1n) is 10.3. The van der Waals surface area contributed by atoms with Gasteiger partial charge in [0.05, 0.1) is 11.6 Å². The van der Waals surface area contributed by atoms with E-state index in [2.05, 4.69) is 65.0 Å². The summed E-state index contributed by atoms with van der Waals surface area (Å²) in [7, 11) is 0. The molecule has 0 bridgehead atoms. The lowest BCUT2D eigenvalue weighted by Crippen LogP contribution is -2.40. The molecule has 3 rings (SSSR count). The lowest BCUT2D eigenvalue weighted by molar-refractivity contribution is -0.123. The van der Waals surface area contributed by atoms with Crippen LogP contribution in [0, 0.1) is 19.8 Å². The highest BCUT2D eigenvalue weighted by Gasteiger charge is 2.23. The Morgan fingerprint density at radius 2 is 2.07 bits per heavy atom. The van der Waals surface area contributed by atoms with E-state index in [9.17, 15) is 4.79 Å². The third-order valence-electron chi connectivity index (χ3n) is 5.77. The van der Waals surface area contributed by atoms with Crippen LogP contribution in [0.25, 0.3) is 0 Å². The number of carbonyl (C=O) groups excluding carboxylic acids is 1. The Balaban J connectivity index is 1.55. The molecule has 1 atom stereocenters. The highest BCUT2D eigenvalue weighted by atomic mass is 16.1. The topological polar surface area (TPSA) is 76.2 Å². The number of rotatable bonds is 8. The number of nitrogens with two attached hydrogens (primary N) is 1. The van der Waals surface area contributed by atoms with Crippen LogP contribution in [-0.4, -0.2) is 33.7 Å². The molecule has 1 aromatic carbocycles. The number of benzene rings is 1. The van der Waals surface area contributed by atoms with Crippen molar-refractivity contribution in [3.8, 4) is 0 Å². The molecule has 1 amide bonds. The van der Waals surface area contributed by atoms with Crippen LogP contribution in [0.5, 0.6) is 0 Å². The zero-order chi connectivity index (χ0) is 20.1. The van der Waals surface area contributed by atoms with Crippen LogP contribution in [-0.2, 0) is 31.0 Å². The molecule has 0 radical (unpaired) electrons. The molecule has 28 heavy (non-hydrogen) atoms. The molecular formula is C22H33N5O. The third-order valence-corrected chi connectivity index (χ3v) is 5.77. The van der Waals surface area contributed by atoms with Crippen molar-refractivity contribution in [2.75, 3.05) is 13.1 Å². The SMILES string of the molecule is CCn1nc(C)c(CNCc2cccc(CN3CCC[C@@H](C(N)=O)C3)c2)c1C. The Kier molecular flexibility index (Phi) is 6.86. The molecule has 0 spiro atoms. The van der Waals surface area contributed by atoms with E-state index in [0.29, 0.717) is 0 Å². The van der Waals surface area contributed by atoms with Gasteiger partial charge in [-0.25, -0.2) is 0 Å². The van der Waals surface area contributed by atoms with Gasteiger partial charge >= 0.3 is 0 Å². The normalized spacial score (nSPS) is 17.8. The van der Waals surface area contributed by atoms with Gasteiger partial charge in [0.25, 0.3) is 0 Å². The molecule has 2 heterocycles. The average molecular weight is 384 g/mol. The van der Waals surface area contributed by atoms with Crippen LogP contribution in [0.1, 0.15) is 47.8 Å². The Labute approximate surface area is 168 Å². The van der Waals surface area contributed by atoms with E-state index in [0.717, 1.165) is 57.8 Å². The predicted octanol–water partition coefficient (Wildman–Crippen LogP) is 2.51. The molecule has 0 saturated carbocycles. The van der Waals surface area contributed by atoms with Crippen LogP contribution in [0.3, 0.4) is 0 Å². The van der Waals surface area contributed by atoms with Crippen LogP contribution >= 0.6 is 0 Å². The molecule has 6 heteroatoms. The molecule has 1 saturated heterocycles. The Bertz CT molecular complexity index is 813. The first-order valence-corrected chi connectivity index (χ1v) is 10.3. The second-order valence-corrected chi connectivity index (χ2v) is 7.87. The summed E-state index contributed by atoms with van der Waals surface area (Å²) < 4.78 is 2.06. The maximum absolute atomic E-state index is 11.5. The van der Waals surface area contributed by atoms with Gasteiger partial charge in [0.2, 0.25) is 5.91 Å². The lowest BCUT2D eigenvalue weighted by atomic mass is 9.97. The highest BCUT2D eigenvalue weighted by molar-refractivity contribution is 5.76. The second kappa shape index (κ2) is 9.34. The van der Waals surface area contributed by atoms with Gasteiger partial charge in [-0.05, 0) is 51.3 Å². The summed E-state index contributed by atoms with van der Waals surface area (Å²) in [5.74, 6) is -0.172. The second-order valence-electron chi connectivity index (χ2n) is 7.87. The number of hydrogen-bond acceptors (Lipinski definition) is 4. The number of hydrogen-bond donors (Lipinski definition) is 2. The van der Waals surface area contributed by atoms with Crippen molar-refractivity contribution in [2.45, 2.75) is 59.8 Å². The van der Waals surface area contributed by atoms with Crippen molar-refractivity contribution in [1.82, 2.24) is 20.0 Å². The van der Waals surface area contributed by atoms with E-state index in [-0.39, 0.29) is 11.8 Å². The summed E-state index contributed by atoms with van der Waals surface area (Å²) >= 11 is 0. The molecule has 0 aliphatic carbocycles. The fourth-order valence-electron chi connectivity index (χ4n) is 4.16. The smallest absolute Gasteiger partial charge is 0.221 e. The average Bonchev–Trinajstić information content (AvgIpc) is 2.96. The number of amides is 1. The number of likely N-dealkylation sites (tertiary alicyclic amines) is 1. The van der Waals surface area contributed by atoms with E-state index in [1.807, 2.05) is 0 Å². The summed E-state index contributed by atoms with van der Waals surface area (Å²) in [5.41, 5.74) is 11.7. The summed E-state index contributed by atoms with van der Waals surface area (Å²) in [5, 5.41) is 8.15. The van der Waals surface area contributed by atoms with E-state index in [4.69, 9.17) is 5.73 Å². The first kappa shape index (κ1) is 20.6. The maximum Gasteiger partial charge on any atom is 0.221 e.